The summed E-state index contributed by atoms with van der Waals surface area (Å²) in [6, 6.07) is 1.89. The Morgan fingerprint density at radius 1 is 1.10 bits per heavy atom. The summed E-state index contributed by atoms with van der Waals surface area (Å²) in [5.74, 6) is 0.260. The minimum absolute atomic E-state index is 0.152. The number of piperazine rings is 1. The van der Waals surface area contributed by atoms with E-state index in [0.717, 1.165) is 19.2 Å². The van der Waals surface area contributed by atoms with Gasteiger partial charge in [0.05, 0.1) is 10.5 Å². The van der Waals surface area contributed by atoms with Crippen LogP contribution in [0.25, 0.3) is 22.5 Å². The summed E-state index contributed by atoms with van der Waals surface area (Å²) in [5.41, 5.74) is -1.12. The Balaban J connectivity index is 1.90. The van der Waals surface area contributed by atoms with Crippen LogP contribution in [-0.2, 0) is 16.0 Å². The molecule has 2 N–H and O–H groups in total. The number of alkyl halides is 3. The minimum atomic E-state index is -4.90. The van der Waals surface area contributed by atoms with E-state index in [0.29, 0.717) is 30.9 Å². The third-order valence-corrected chi connectivity index (χ3v) is 5.93. The quantitative estimate of drug-likeness (QED) is 0.596. The van der Waals surface area contributed by atoms with Gasteiger partial charge in [0.25, 0.3) is 0 Å². The average molecular weight is 454 g/mol. The van der Waals surface area contributed by atoms with Gasteiger partial charge in [0.1, 0.15) is 0 Å². The second-order valence-corrected chi connectivity index (χ2v) is 8.85. The maximum Gasteiger partial charge on any atom is 0.417 e. The average Bonchev–Trinajstić information content (AvgIpc) is 3.27. The normalized spacial score (nSPS) is 15.3. The Morgan fingerprint density at radius 2 is 1.77 bits per heavy atom. The van der Waals surface area contributed by atoms with Crippen molar-refractivity contribution in [2.24, 2.45) is 0 Å². The van der Waals surface area contributed by atoms with Crippen LogP contribution in [-0.4, -0.2) is 71.4 Å². The van der Waals surface area contributed by atoms with E-state index in [9.17, 15) is 21.6 Å². The molecule has 3 heterocycles. The lowest BCUT2D eigenvalue weighted by molar-refractivity contribution is -0.139. The number of tetrazole rings is 1. The van der Waals surface area contributed by atoms with Crippen molar-refractivity contribution in [1.82, 2.24) is 35.9 Å². The molecule has 0 unspecified atom stereocenters. The Kier molecular flexibility index (Phi) is 5.35. The first-order valence-electron chi connectivity index (χ1n) is 9.12. The van der Waals surface area contributed by atoms with Gasteiger partial charge in [0.2, 0.25) is 5.95 Å². The van der Waals surface area contributed by atoms with Gasteiger partial charge in [-0.25, -0.2) is 23.5 Å². The second kappa shape index (κ2) is 7.85. The SMILES string of the molecule is CS(=O)(=O)c1c(C(F)(F)F)ccc(-c2cnc(N3CCNCC3)nc2)c1-c1nnn[nH]1. The molecule has 0 radical (unpaired) electrons. The molecule has 31 heavy (non-hydrogen) atoms. The summed E-state index contributed by atoms with van der Waals surface area (Å²) in [6.45, 7) is 2.99. The lowest BCUT2D eigenvalue weighted by atomic mass is 9.98. The van der Waals surface area contributed by atoms with Gasteiger partial charge in [-0.1, -0.05) is 6.07 Å². The first-order valence-corrected chi connectivity index (χ1v) is 11.0. The molecule has 0 atom stereocenters. The van der Waals surface area contributed by atoms with Crippen LogP contribution < -0.4 is 10.2 Å². The van der Waals surface area contributed by atoms with Crippen LogP contribution in [0.3, 0.4) is 0 Å². The molecule has 1 aromatic carbocycles. The summed E-state index contributed by atoms with van der Waals surface area (Å²) in [7, 11) is -4.32. The van der Waals surface area contributed by atoms with Crippen LogP contribution in [0.15, 0.2) is 29.4 Å². The fourth-order valence-electron chi connectivity index (χ4n) is 3.42. The molecule has 1 saturated heterocycles. The highest BCUT2D eigenvalue weighted by Crippen LogP contribution is 2.43. The topological polar surface area (TPSA) is 130 Å². The molecule has 0 saturated carbocycles. The lowest BCUT2D eigenvalue weighted by Gasteiger charge is -2.27. The Morgan fingerprint density at radius 3 is 2.32 bits per heavy atom. The van der Waals surface area contributed by atoms with Crippen LogP contribution in [0.2, 0.25) is 0 Å². The highest BCUT2D eigenvalue weighted by atomic mass is 32.2. The van der Waals surface area contributed by atoms with E-state index in [4.69, 9.17) is 0 Å². The minimum Gasteiger partial charge on any atom is -0.338 e. The first-order chi connectivity index (χ1) is 14.7. The maximum atomic E-state index is 13.6. The van der Waals surface area contributed by atoms with Gasteiger partial charge in [0.15, 0.2) is 15.7 Å². The van der Waals surface area contributed by atoms with Crippen molar-refractivity contribution in [3.8, 4) is 22.5 Å². The molecule has 0 spiro atoms. The molecule has 4 rings (SSSR count). The molecule has 10 nitrogen and oxygen atoms in total. The smallest absolute Gasteiger partial charge is 0.338 e. The Labute approximate surface area is 174 Å². The van der Waals surface area contributed by atoms with Gasteiger partial charge >= 0.3 is 6.18 Å². The van der Waals surface area contributed by atoms with Gasteiger partial charge in [-0.2, -0.15) is 13.2 Å². The molecule has 0 aliphatic carbocycles. The van der Waals surface area contributed by atoms with E-state index >= 15 is 0 Å². The zero-order valence-electron chi connectivity index (χ0n) is 16.2. The zero-order chi connectivity index (χ0) is 22.2. The maximum absolute atomic E-state index is 13.6. The number of hydrogen-bond acceptors (Lipinski definition) is 9. The van der Waals surface area contributed by atoms with Crippen LogP contribution in [0.4, 0.5) is 19.1 Å². The molecule has 0 bridgehead atoms. The number of halogens is 3. The third-order valence-electron chi connectivity index (χ3n) is 4.77. The molecular formula is C17H17F3N8O2S. The number of nitrogens with zero attached hydrogens (tertiary/aromatic N) is 6. The van der Waals surface area contributed by atoms with Crippen molar-refractivity contribution in [2.75, 3.05) is 37.3 Å². The van der Waals surface area contributed by atoms with E-state index < -0.39 is 26.5 Å². The molecule has 14 heteroatoms. The van der Waals surface area contributed by atoms with E-state index in [1.807, 2.05) is 4.90 Å². The van der Waals surface area contributed by atoms with E-state index in [2.05, 4.69) is 35.9 Å². The molecule has 2 aromatic heterocycles. The number of nitrogens with one attached hydrogen (secondary N) is 2. The van der Waals surface area contributed by atoms with E-state index in [-0.39, 0.29) is 17.0 Å². The number of sulfone groups is 1. The van der Waals surface area contributed by atoms with Gasteiger partial charge in [-0.15, -0.1) is 5.10 Å². The van der Waals surface area contributed by atoms with E-state index in [1.165, 1.54) is 18.5 Å². The number of hydrogen-bond donors (Lipinski definition) is 2. The van der Waals surface area contributed by atoms with Crippen molar-refractivity contribution >= 4 is 15.8 Å². The molecule has 1 aliphatic rings. The van der Waals surface area contributed by atoms with Crippen LogP contribution in [0, 0.1) is 0 Å². The molecular weight excluding hydrogens is 437 g/mol. The summed E-state index contributed by atoms with van der Waals surface area (Å²) < 4.78 is 65.8. The molecule has 164 valence electrons. The second-order valence-electron chi connectivity index (χ2n) is 6.89. The van der Waals surface area contributed by atoms with Gasteiger partial charge in [-0.05, 0) is 22.1 Å². The number of rotatable bonds is 4. The molecule has 0 amide bonds. The summed E-state index contributed by atoms with van der Waals surface area (Å²) >= 11 is 0. The van der Waals surface area contributed by atoms with Gasteiger partial charge < -0.3 is 10.2 Å². The van der Waals surface area contributed by atoms with Crippen molar-refractivity contribution in [3.63, 3.8) is 0 Å². The predicted molar refractivity (Wildman–Crippen MR) is 104 cm³/mol. The molecule has 1 aliphatic heterocycles. The Bertz CT molecular complexity index is 1180. The molecule has 1 fully saturated rings. The molecule has 3 aromatic rings. The van der Waals surface area contributed by atoms with Crippen molar-refractivity contribution in [1.29, 1.82) is 0 Å². The number of aromatic nitrogens is 6. The third kappa shape index (κ3) is 4.20. The lowest BCUT2D eigenvalue weighted by Crippen LogP contribution is -2.44. The standard InChI is InChI=1S/C17H17F3N8O2S/c1-31(29,30)14-12(17(18,19)20)3-2-11(13(14)15-24-26-27-25-15)10-8-22-16(23-9-10)28-6-4-21-5-7-28/h2-3,8-9,21H,4-7H2,1H3,(H,24,25,26,27). The summed E-state index contributed by atoms with van der Waals surface area (Å²) in [6.07, 6.45) is -1.32. The van der Waals surface area contributed by atoms with Crippen molar-refractivity contribution < 1.29 is 21.6 Å². The predicted octanol–water partition coefficient (Wildman–Crippen LogP) is 1.16. The van der Waals surface area contributed by atoms with Crippen LogP contribution >= 0.6 is 0 Å². The van der Waals surface area contributed by atoms with Gasteiger partial charge in [0, 0.05) is 56.0 Å². The van der Waals surface area contributed by atoms with Crippen molar-refractivity contribution in [2.45, 2.75) is 11.1 Å². The summed E-state index contributed by atoms with van der Waals surface area (Å²) in [5, 5.41) is 16.0. The highest BCUT2D eigenvalue weighted by molar-refractivity contribution is 7.91. The fourth-order valence-corrected chi connectivity index (χ4v) is 4.58. The Hall–Kier alpha value is -3.13. The number of H-pyrrole nitrogens is 1. The highest BCUT2D eigenvalue weighted by Gasteiger charge is 2.39. The first kappa shape index (κ1) is 21.1. The monoisotopic (exact) mass is 454 g/mol. The van der Waals surface area contributed by atoms with Crippen LogP contribution in [0.5, 0.6) is 0 Å². The zero-order valence-corrected chi connectivity index (χ0v) is 17.0. The summed E-state index contributed by atoms with van der Waals surface area (Å²) in [4.78, 5) is 9.69. The fraction of sp³-hybridized carbons (Fsp3) is 0.353. The van der Waals surface area contributed by atoms with E-state index in [1.54, 1.807) is 0 Å². The van der Waals surface area contributed by atoms with Crippen molar-refractivity contribution in [3.05, 3.63) is 30.1 Å². The van der Waals surface area contributed by atoms with Gasteiger partial charge in [-0.3, -0.25) is 0 Å². The number of anilines is 1. The van der Waals surface area contributed by atoms with Crippen LogP contribution in [0.1, 0.15) is 5.56 Å². The number of benzene rings is 1. The largest absolute Gasteiger partial charge is 0.417 e. The number of aromatic amines is 1.